The Bertz CT molecular complexity index is 388. The highest BCUT2D eigenvalue weighted by Gasteiger charge is 2.20. The summed E-state index contributed by atoms with van der Waals surface area (Å²) in [6.45, 7) is 7.14. The molecule has 0 radical (unpaired) electrons. The topological polar surface area (TPSA) is 44.5 Å². The summed E-state index contributed by atoms with van der Waals surface area (Å²) in [6, 6.07) is 4.13. The fourth-order valence-corrected chi connectivity index (χ4v) is 2.39. The van der Waals surface area contributed by atoms with Gasteiger partial charge in [-0.15, -0.1) is 0 Å². The smallest absolute Gasteiger partial charge is 0.122 e. The molecule has 0 aliphatic carbocycles. The molecule has 0 fully saturated rings. The van der Waals surface area contributed by atoms with E-state index < -0.39 is 0 Å². The van der Waals surface area contributed by atoms with E-state index in [2.05, 4.69) is 19.9 Å². The average molecular weight is 251 g/mol. The van der Waals surface area contributed by atoms with Crippen molar-refractivity contribution >= 4 is 0 Å². The molecule has 2 N–H and O–H groups in total. The van der Waals surface area contributed by atoms with Crippen LogP contribution in [0.15, 0.2) is 12.1 Å². The third kappa shape index (κ3) is 3.16. The maximum atomic E-state index is 5.72. The molecule has 0 saturated heterocycles. The number of nitrogens with two attached hydrogens (primary N) is 1. The van der Waals surface area contributed by atoms with Gasteiger partial charge in [0.2, 0.25) is 0 Å². The molecule has 3 heteroatoms. The van der Waals surface area contributed by atoms with Crippen LogP contribution in [0.5, 0.6) is 11.5 Å². The summed E-state index contributed by atoms with van der Waals surface area (Å²) in [4.78, 5) is 0. The monoisotopic (exact) mass is 251 g/mol. The Balaban J connectivity index is 3.25. The number of ether oxygens (including phenoxy) is 2. The van der Waals surface area contributed by atoms with Gasteiger partial charge in [-0.2, -0.15) is 0 Å². The molecule has 0 amide bonds. The number of rotatable bonds is 6. The Morgan fingerprint density at radius 1 is 1.11 bits per heavy atom. The van der Waals surface area contributed by atoms with Crippen molar-refractivity contribution in [2.24, 2.45) is 11.7 Å². The summed E-state index contributed by atoms with van der Waals surface area (Å²) < 4.78 is 10.9. The van der Waals surface area contributed by atoms with Crippen molar-refractivity contribution in [1.82, 2.24) is 0 Å². The zero-order chi connectivity index (χ0) is 13.7. The fraction of sp³-hybridized carbons (Fsp3) is 0.600. The molecular weight excluding hydrogens is 226 g/mol. The lowest BCUT2D eigenvalue weighted by Crippen LogP contribution is -2.14. The SMILES string of the molecule is COc1cc(C(CCN)C(C)C)c(OC)cc1C. The Morgan fingerprint density at radius 3 is 2.17 bits per heavy atom. The van der Waals surface area contributed by atoms with Gasteiger partial charge in [-0.3, -0.25) is 0 Å². The number of hydrogen-bond donors (Lipinski definition) is 1. The van der Waals surface area contributed by atoms with Crippen LogP contribution in [0.25, 0.3) is 0 Å². The molecule has 1 atom stereocenters. The van der Waals surface area contributed by atoms with Gasteiger partial charge in [0.1, 0.15) is 11.5 Å². The van der Waals surface area contributed by atoms with Crippen LogP contribution in [-0.2, 0) is 0 Å². The van der Waals surface area contributed by atoms with E-state index in [1.165, 1.54) is 5.56 Å². The van der Waals surface area contributed by atoms with E-state index in [0.29, 0.717) is 18.4 Å². The average Bonchev–Trinajstić information content (AvgIpc) is 2.35. The summed E-state index contributed by atoms with van der Waals surface area (Å²) in [5.74, 6) is 2.77. The highest BCUT2D eigenvalue weighted by molar-refractivity contribution is 5.47. The minimum absolute atomic E-state index is 0.402. The maximum Gasteiger partial charge on any atom is 0.122 e. The minimum atomic E-state index is 0.402. The van der Waals surface area contributed by atoms with Gasteiger partial charge >= 0.3 is 0 Å². The van der Waals surface area contributed by atoms with Crippen LogP contribution < -0.4 is 15.2 Å². The Morgan fingerprint density at radius 2 is 1.72 bits per heavy atom. The zero-order valence-corrected chi connectivity index (χ0v) is 12.1. The molecule has 1 aromatic carbocycles. The zero-order valence-electron chi connectivity index (χ0n) is 12.1. The van der Waals surface area contributed by atoms with Gasteiger partial charge in [-0.25, -0.2) is 0 Å². The molecule has 0 spiro atoms. The van der Waals surface area contributed by atoms with Crippen LogP contribution in [0.4, 0.5) is 0 Å². The second-order valence-electron chi connectivity index (χ2n) is 4.99. The van der Waals surface area contributed by atoms with E-state index in [4.69, 9.17) is 15.2 Å². The van der Waals surface area contributed by atoms with Gasteiger partial charge in [0.05, 0.1) is 14.2 Å². The van der Waals surface area contributed by atoms with E-state index in [0.717, 1.165) is 23.5 Å². The summed E-state index contributed by atoms with van der Waals surface area (Å²) >= 11 is 0. The first kappa shape index (κ1) is 14.8. The van der Waals surface area contributed by atoms with Crippen molar-refractivity contribution in [3.63, 3.8) is 0 Å². The second kappa shape index (κ2) is 6.64. The van der Waals surface area contributed by atoms with Gasteiger partial charge in [0.15, 0.2) is 0 Å². The normalized spacial score (nSPS) is 12.6. The summed E-state index contributed by atoms with van der Waals surface area (Å²) in [7, 11) is 3.41. The molecular formula is C15H25NO2. The van der Waals surface area contributed by atoms with E-state index in [9.17, 15) is 0 Å². The molecule has 0 saturated carbocycles. The number of hydrogen-bond acceptors (Lipinski definition) is 3. The first-order chi connectivity index (χ1) is 8.54. The molecule has 0 aliphatic rings. The van der Waals surface area contributed by atoms with Crippen molar-refractivity contribution in [2.45, 2.75) is 33.1 Å². The molecule has 0 aromatic heterocycles. The predicted octanol–water partition coefficient (Wildman–Crippen LogP) is 3.10. The van der Waals surface area contributed by atoms with Crippen molar-refractivity contribution in [1.29, 1.82) is 0 Å². The number of benzene rings is 1. The summed E-state index contributed by atoms with van der Waals surface area (Å²) in [5.41, 5.74) is 8.01. The van der Waals surface area contributed by atoms with Crippen LogP contribution in [0.2, 0.25) is 0 Å². The molecule has 1 rings (SSSR count). The van der Waals surface area contributed by atoms with E-state index in [1.54, 1.807) is 14.2 Å². The lowest BCUT2D eigenvalue weighted by molar-refractivity contribution is 0.380. The first-order valence-corrected chi connectivity index (χ1v) is 6.47. The predicted molar refractivity (Wildman–Crippen MR) is 75.5 cm³/mol. The fourth-order valence-electron chi connectivity index (χ4n) is 2.39. The van der Waals surface area contributed by atoms with Crippen LogP contribution in [0.1, 0.15) is 37.3 Å². The maximum absolute atomic E-state index is 5.72. The van der Waals surface area contributed by atoms with Crippen LogP contribution in [-0.4, -0.2) is 20.8 Å². The van der Waals surface area contributed by atoms with Crippen molar-refractivity contribution in [3.05, 3.63) is 23.3 Å². The largest absolute Gasteiger partial charge is 0.496 e. The number of aryl methyl sites for hydroxylation is 1. The standard InChI is InChI=1S/C15H25NO2/c1-10(2)12(6-7-16)13-9-14(17-4)11(3)8-15(13)18-5/h8-10,12H,6-7,16H2,1-5H3. The van der Waals surface area contributed by atoms with Gasteiger partial charge < -0.3 is 15.2 Å². The molecule has 0 bridgehead atoms. The highest BCUT2D eigenvalue weighted by atomic mass is 16.5. The van der Waals surface area contributed by atoms with Crippen molar-refractivity contribution < 1.29 is 9.47 Å². The van der Waals surface area contributed by atoms with Gasteiger partial charge in [0, 0.05) is 5.56 Å². The molecule has 1 aromatic rings. The van der Waals surface area contributed by atoms with Crippen molar-refractivity contribution in [3.8, 4) is 11.5 Å². The minimum Gasteiger partial charge on any atom is -0.496 e. The van der Waals surface area contributed by atoms with Gasteiger partial charge in [-0.1, -0.05) is 13.8 Å². The third-order valence-corrected chi connectivity index (χ3v) is 3.43. The molecule has 1 unspecified atom stereocenters. The second-order valence-corrected chi connectivity index (χ2v) is 4.99. The van der Waals surface area contributed by atoms with Crippen LogP contribution in [0.3, 0.4) is 0 Å². The first-order valence-electron chi connectivity index (χ1n) is 6.47. The summed E-state index contributed by atoms with van der Waals surface area (Å²) in [6.07, 6.45) is 0.959. The lowest BCUT2D eigenvalue weighted by atomic mass is 9.84. The van der Waals surface area contributed by atoms with E-state index in [1.807, 2.05) is 13.0 Å². The van der Waals surface area contributed by atoms with Crippen molar-refractivity contribution in [2.75, 3.05) is 20.8 Å². The molecule has 3 nitrogen and oxygen atoms in total. The highest BCUT2D eigenvalue weighted by Crippen LogP contribution is 2.38. The number of methoxy groups -OCH3 is 2. The van der Waals surface area contributed by atoms with Gasteiger partial charge in [-0.05, 0) is 49.4 Å². The van der Waals surface area contributed by atoms with E-state index >= 15 is 0 Å². The summed E-state index contributed by atoms with van der Waals surface area (Å²) in [5, 5.41) is 0. The molecule has 0 aliphatic heterocycles. The quantitative estimate of drug-likeness (QED) is 0.845. The molecule has 102 valence electrons. The Hall–Kier alpha value is -1.22. The lowest BCUT2D eigenvalue weighted by Gasteiger charge is -2.24. The van der Waals surface area contributed by atoms with Crippen LogP contribution >= 0.6 is 0 Å². The Kier molecular flexibility index (Phi) is 5.48. The van der Waals surface area contributed by atoms with Crippen LogP contribution in [0, 0.1) is 12.8 Å². The molecule has 18 heavy (non-hydrogen) atoms. The van der Waals surface area contributed by atoms with Gasteiger partial charge in [0.25, 0.3) is 0 Å². The third-order valence-electron chi connectivity index (χ3n) is 3.43. The van der Waals surface area contributed by atoms with E-state index in [-0.39, 0.29) is 0 Å². The Labute approximate surface area is 110 Å². The molecule has 0 heterocycles.